The third kappa shape index (κ3) is 4.16. The van der Waals surface area contributed by atoms with Crippen molar-refractivity contribution in [2.24, 2.45) is 0 Å². The summed E-state index contributed by atoms with van der Waals surface area (Å²) >= 11 is 0. The molecule has 3 aromatic rings. The van der Waals surface area contributed by atoms with Gasteiger partial charge in [0.2, 0.25) is 11.8 Å². The number of carbonyl (C=O) groups is 3. The highest BCUT2D eigenvalue weighted by molar-refractivity contribution is 6.26. The Hall–Kier alpha value is -3.67. The zero-order chi connectivity index (χ0) is 23.7. The fourth-order valence-electron chi connectivity index (χ4n) is 5.12. The zero-order valence-electron chi connectivity index (χ0n) is 19.4. The van der Waals surface area contributed by atoms with E-state index in [-0.39, 0.29) is 30.3 Å². The van der Waals surface area contributed by atoms with E-state index in [0.29, 0.717) is 12.1 Å². The molecule has 1 unspecified atom stereocenters. The van der Waals surface area contributed by atoms with E-state index in [1.165, 1.54) is 0 Å². The summed E-state index contributed by atoms with van der Waals surface area (Å²) in [6, 6.07) is 20.6. The van der Waals surface area contributed by atoms with Crippen LogP contribution in [-0.2, 0) is 16.1 Å². The lowest BCUT2D eigenvalue weighted by Gasteiger charge is -2.31. The van der Waals surface area contributed by atoms with Gasteiger partial charge >= 0.3 is 0 Å². The van der Waals surface area contributed by atoms with Crippen molar-refractivity contribution in [1.29, 1.82) is 0 Å². The van der Waals surface area contributed by atoms with Crippen molar-refractivity contribution in [3.05, 3.63) is 77.9 Å². The number of anilines is 1. The minimum atomic E-state index is -0.649. The van der Waals surface area contributed by atoms with Crippen LogP contribution >= 0.6 is 0 Å². The number of rotatable bonds is 7. The van der Waals surface area contributed by atoms with E-state index in [2.05, 4.69) is 5.32 Å². The van der Waals surface area contributed by atoms with E-state index in [9.17, 15) is 14.4 Å². The number of benzene rings is 3. The lowest BCUT2D eigenvalue weighted by molar-refractivity contribution is -0.139. The van der Waals surface area contributed by atoms with Crippen LogP contribution in [0.5, 0.6) is 0 Å². The van der Waals surface area contributed by atoms with Gasteiger partial charge in [-0.05, 0) is 42.8 Å². The quantitative estimate of drug-likeness (QED) is 0.578. The third-order valence-electron chi connectivity index (χ3n) is 7.01. The molecule has 1 heterocycles. The Kier molecular flexibility index (Phi) is 6.05. The minimum absolute atomic E-state index is 0.111. The Labute approximate surface area is 199 Å². The van der Waals surface area contributed by atoms with Gasteiger partial charge in [0.05, 0.1) is 5.69 Å². The predicted molar refractivity (Wildman–Crippen MR) is 132 cm³/mol. The lowest BCUT2D eigenvalue weighted by atomic mass is 10.1. The van der Waals surface area contributed by atoms with Crippen molar-refractivity contribution in [3.8, 4) is 0 Å². The van der Waals surface area contributed by atoms with Crippen LogP contribution in [0.25, 0.3) is 10.8 Å². The summed E-state index contributed by atoms with van der Waals surface area (Å²) < 4.78 is 0. The van der Waals surface area contributed by atoms with Crippen LogP contribution in [0.3, 0.4) is 0 Å². The molecule has 6 nitrogen and oxygen atoms in total. The molecule has 2 aliphatic rings. The molecule has 5 rings (SSSR count). The van der Waals surface area contributed by atoms with Crippen molar-refractivity contribution >= 4 is 34.2 Å². The highest BCUT2D eigenvalue weighted by Crippen LogP contribution is 2.37. The molecule has 34 heavy (non-hydrogen) atoms. The van der Waals surface area contributed by atoms with E-state index in [0.717, 1.165) is 47.7 Å². The molecule has 174 valence electrons. The van der Waals surface area contributed by atoms with Crippen LogP contribution in [0.15, 0.2) is 66.7 Å². The van der Waals surface area contributed by atoms with E-state index in [1.807, 2.05) is 60.7 Å². The van der Waals surface area contributed by atoms with Gasteiger partial charge in [-0.1, -0.05) is 67.4 Å². The zero-order valence-corrected chi connectivity index (χ0v) is 19.4. The number of amides is 3. The van der Waals surface area contributed by atoms with Gasteiger partial charge in [0, 0.05) is 23.5 Å². The van der Waals surface area contributed by atoms with Gasteiger partial charge in [-0.15, -0.1) is 0 Å². The summed E-state index contributed by atoms with van der Waals surface area (Å²) in [5.41, 5.74) is 2.30. The molecule has 1 aliphatic carbocycles. The molecular weight excluding hydrogens is 426 g/mol. The van der Waals surface area contributed by atoms with E-state index in [4.69, 9.17) is 0 Å². The highest BCUT2D eigenvalue weighted by atomic mass is 16.2. The van der Waals surface area contributed by atoms with Crippen molar-refractivity contribution < 1.29 is 14.4 Å². The topological polar surface area (TPSA) is 69.7 Å². The van der Waals surface area contributed by atoms with E-state index >= 15 is 0 Å². The smallest absolute Gasteiger partial charge is 0.259 e. The second kappa shape index (κ2) is 9.29. The maximum atomic E-state index is 13.7. The first kappa shape index (κ1) is 22.1. The summed E-state index contributed by atoms with van der Waals surface area (Å²) in [6.07, 6.45) is 4.20. The van der Waals surface area contributed by atoms with Crippen molar-refractivity contribution in [3.63, 3.8) is 0 Å². The number of hydrogen-bond acceptors (Lipinski definition) is 3. The van der Waals surface area contributed by atoms with Crippen LogP contribution < -0.4 is 10.2 Å². The van der Waals surface area contributed by atoms with Gasteiger partial charge < -0.3 is 10.2 Å². The van der Waals surface area contributed by atoms with Gasteiger partial charge in [0.1, 0.15) is 12.6 Å². The number of hydrogen-bond donors (Lipinski definition) is 1. The van der Waals surface area contributed by atoms with Crippen molar-refractivity contribution in [2.75, 3.05) is 11.4 Å². The van der Waals surface area contributed by atoms with Gasteiger partial charge in [-0.2, -0.15) is 0 Å². The van der Waals surface area contributed by atoms with E-state index < -0.39 is 6.04 Å². The summed E-state index contributed by atoms with van der Waals surface area (Å²) in [5, 5.41) is 4.97. The van der Waals surface area contributed by atoms with Crippen LogP contribution in [0.2, 0.25) is 0 Å². The minimum Gasteiger partial charge on any atom is -0.352 e. The monoisotopic (exact) mass is 455 g/mol. The average molecular weight is 456 g/mol. The van der Waals surface area contributed by atoms with Crippen LogP contribution in [-0.4, -0.2) is 41.2 Å². The molecule has 1 aliphatic heterocycles. The maximum Gasteiger partial charge on any atom is 0.259 e. The normalized spacial score (nSPS) is 16.1. The molecule has 0 bridgehead atoms. The molecule has 1 fully saturated rings. The van der Waals surface area contributed by atoms with E-state index in [1.54, 1.807) is 22.8 Å². The van der Waals surface area contributed by atoms with Gasteiger partial charge in [-0.3, -0.25) is 19.3 Å². The highest BCUT2D eigenvalue weighted by Gasteiger charge is 2.34. The Morgan fingerprint density at radius 3 is 2.44 bits per heavy atom. The summed E-state index contributed by atoms with van der Waals surface area (Å²) in [4.78, 5) is 43.1. The lowest BCUT2D eigenvalue weighted by Crippen LogP contribution is -2.52. The summed E-state index contributed by atoms with van der Waals surface area (Å²) in [6.45, 7) is 1.96. The average Bonchev–Trinajstić information content (AvgIpc) is 3.46. The molecular formula is C28H29N3O3. The number of nitrogens with one attached hydrogen (secondary N) is 1. The van der Waals surface area contributed by atoms with Crippen LogP contribution in [0, 0.1) is 0 Å². The van der Waals surface area contributed by atoms with Gasteiger partial charge in [0.25, 0.3) is 5.91 Å². The Morgan fingerprint density at radius 2 is 1.71 bits per heavy atom. The first-order chi connectivity index (χ1) is 16.5. The molecule has 6 heteroatoms. The Bertz CT molecular complexity index is 1230. The fraction of sp³-hybridized carbons (Fsp3) is 0.321. The predicted octanol–water partition coefficient (Wildman–Crippen LogP) is 4.28. The first-order valence-electron chi connectivity index (χ1n) is 12.0. The second-order valence-electron chi connectivity index (χ2n) is 9.25. The molecule has 3 amide bonds. The van der Waals surface area contributed by atoms with Crippen molar-refractivity contribution in [2.45, 2.75) is 51.2 Å². The maximum absolute atomic E-state index is 13.7. The molecule has 0 spiro atoms. The second-order valence-corrected chi connectivity index (χ2v) is 9.25. The van der Waals surface area contributed by atoms with Crippen LogP contribution in [0.4, 0.5) is 5.69 Å². The van der Waals surface area contributed by atoms with Crippen LogP contribution in [0.1, 0.15) is 48.5 Å². The molecule has 1 saturated carbocycles. The van der Waals surface area contributed by atoms with Gasteiger partial charge in [-0.25, -0.2) is 0 Å². The summed E-state index contributed by atoms with van der Waals surface area (Å²) in [7, 11) is 0. The Morgan fingerprint density at radius 1 is 1.00 bits per heavy atom. The molecule has 0 radical (unpaired) electrons. The number of carbonyl (C=O) groups excluding carboxylic acids is 3. The molecule has 0 aromatic heterocycles. The largest absolute Gasteiger partial charge is 0.352 e. The summed E-state index contributed by atoms with van der Waals surface area (Å²) in [5.74, 6) is -0.576. The fourth-order valence-corrected chi connectivity index (χ4v) is 5.12. The molecule has 3 aromatic carbocycles. The molecule has 0 saturated heterocycles. The standard InChI is InChI=1S/C28H29N3O3/c1-19(27(33)29-22-13-5-6-14-22)30(17-20-9-3-2-4-10-20)25(32)18-31-24-16-8-12-21-11-7-15-23(26(21)24)28(31)34/h2-4,7-12,15-16,19,22H,5-6,13-14,17-18H2,1H3,(H,29,33). The van der Waals surface area contributed by atoms with Gasteiger partial charge in [0.15, 0.2) is 0 Å². The first-order valence-corrected chi connectivity index (χ1v) is 12.0. The molecule has 1 atom stereocenters. The number of nitrogens with zero attached hydrogens (tertiary/aromatic N) is 2. The Balaban J connectivity index is 1.40. The third-order valence-corrected chi connectivity index (χ3v) is 7.01. The SMILES string of the molecule is CC(C(=O)NC1CCCC1)N(Cc1ccccc1)C(=O)CN1C(=O)c2cccc3cccc1c23. The van der Waals surface area contributed by atoms with Crippen molar-refractivity contribution in [1.82, 2.24) is 10.2 Å². The molecule has 1 N–H and O–H groups in total.